The average Bonchev–Trinajstić information content (AvgIpc) is 3.54. The van der Waals surface area contributed by atoms with Crippen LogP contribution in [0, 0.1) is 0 Å². The minimum atomic E-state index is -4.95. The molecule has 0 bridgehead atoms. The standard InChI is InChI=1S/C71H112O16P2/c1-4-7-10-13-16-19-22-25-28-31-32-35-37-39-42-45-48-51-54-57-69(74)81-60-66(72)61-83-88(77,78)84-62-67(73)63-85-89(79,80)86-65-68(87-71(76)59-56-53-50-47-44-41-38-34-30-27-24-21-18-15-12-9-6-3)64-82-70(75)58-55-52-49-46-43-40-36-33-29-26-23-20-17-14-11-8-5-2/h7-12,16-21,25-30,32,35-36,38-42,48,51,66-68,72-73H,4-6,13-15,22-24,31,33-34,37,43-47,49-50,52-65H2,1-3H3,(H,77,78)(H,79,80)/b10-7-,11-8-,12-9-,19-16-,20-17-,21-18-,28-25-,29-26-,30-27-,35-32-,40-36-,41-38-,42-39-,51-48-. The highest BCUT2D eigenvalue weighted by Gasteiger charge is 2.29. The highest BCUT2D eigenvalue weighted by atomic mass is 31.2. The Kier molecular flexibility index (Phi) is 59.5. The van der Waals surface area contributed by atoms with Crippen molar-refractivity contribution < 1.29 is 75.8 Å². The van der Waals surface area contributed by atoms with Crippen LogP contribution < -0.4 is 0 Å². The molecule has 0 amide bonds. The van der Waals surface area contributed by atoms with E-state index >= 15 is 0 Å². The first-order valence-electron chi connectivity index (χ1n) is 32.4. The minimum Gasteiger partial charge on any atom is -0.463 e. The Morgan fingerprint density at radius 3 is 0.944 bits per heavy atom. The second kappa shape index (κ2) is 63.1. The molecule has 4 N–H and O–H groups in total. The number of phosphoric ester groups is 2. The van der Waals surface area contributed by atoms with E-state index in [1.165, 1.54) is 0 Å². The topological polar surface area (TPSA) is 231 Å². The van der Waals surface area contributed by atoms with E-state index in [0.717, 1.165) is 135 Å². The fourth-order valence-electron chi connectivity index (χ4n) is 7.58. The monoisotopic (exact) mass is 1280 g/mol. The largest absolute Gasteiger partial charge is 0.472 e. The predicted octanol–water partition coefficient (Wildman–Crippen LogP) is 17.7. The maximum atomic E-state index is 12.9. The average molecular weight is 1280 g/mol. The van der Waals surface area contributed by atoms with Gasteiger partial charge in [0, 0.05) is 19.3 Å². The van der Waals surface area contributed by atoms with E-state index in [0.29, 0.717) is 25.7 Å². The number of phosphoric acid groups is 2. The van der Waals surface area contributed by atoms with Crippen LogP contribution in [0.15, 0.2) is 170 Å². The Hall–Kier alpha value is -5.09. The maximum Gasteiger partial charge on any atom is 0.472 e. The molecule has 0 fully saturated rings. The highest BCUT2D eigenvalue weighted by molar-refractivity contribution is 7.47. The summed E-state index contributed by atoms with van der Waals surface area (Å²) < 4.78 is 60.7. The predicted molar refractivity (Wildman–Crippen MR) is 362 cm³/mol. The Bertz CT molecular complexity index is 2300. The van der Waals surface area contributed by atoms with E-state index in [2.05, 4.69) is 173 Å². The van der Waals surface area contributed by atoms with Crippen LogP contribution in [0.2, 0.25) is 0 Å². The molecule has 5 unspecified atom stereocenters. The zero-order valence-corrected chi connectivity index (χ0v) is 55.8. The molecule has 0 aromatic carbocycles. The first-order chi connectivity index (χ1) is 43.2. The van der Waals surface area contributed by atoms with Crippen molar-refractivity contribution in [2.24, 2.45) is 0 Å². The van der Waals surface area contributed by atoms with Crippen molar-refractivity contribution in [3.8, 4) is 0 Å². The number of hydrogen-bond donors (Lipinski definition) is 4. The summed E-state index contributed by atoms with van der Waals surface area (Å²) in [6.45, 7) is 2.12. The molecule has 0 saturated carbocycles. The molecule has 0 spiro atoms. The molecule has 0 aromatic heterocycles. The normalized spacial score (nSPS) is 15.4. The molecule has 0 rings (SSSR count). The molecular weight excluding hydrogens is 1170 g/mol. The summed E-state index contributed by atoms with van der Waals surface area (Å²) in [5, 5.41) is 20.5. The number of esters is 3. The Labute approximate surface area is 535 Å². The van der Waals surface area contributed by atoms with Gasteiger partial charge < -0.3 is 34.2 Å². The molecule has 502 valence electrons. The SMILES string of the molecule is CC/C=C\C/C=C\C/C=C\C/C=C\C/C=C\C/C=C\CCC(=O)OCC(O)COP(=O)(O)OCC(O)COP(=O)(O)OCC(COC(=O)CCCCCC/C=C\C/C=C\C/C=C\C/C=C\CC)OC(=O)CCCCCC/C=C\C/C=C\C/C=C\C/C=C\CC. The molecule has 0 aliphatic rings. The summed E-state index contributed by atoms with van der Waals surface area (Å²) in [6, 6.07) is 0. The Morgan fingerprint density at radius 2 is 0.584 bits per heavy atom. The second-order valence-electron chi connectivity index (χ2n) is 20.8. The number of rotatable bonds is 59. The number of hydrogen-bond acceptors (Lipinski definition) is 14. The lowest BCUT2D eigenvalue weighted by Gasteiger charge is -2.21. The van der Waals surface area contributed by atoms with Crippen molar-refractivity contribution in [3.05, 3.63) is 170 Å². The van der Waals surface area contributed by atoms with Gasteiger partial charge in [-0.2, -0.15) is 0 Å². The Morgan fingerprint density at radius 1 is 0.315 bits per heavy atom. The third-order valence-electron chi connectivity index (χ3n) is 12.4. The first kappa shape index (κ1) is 83.9. The van der Waals surface area contributed by atoms with Crippen molar-refractivity contribution in [1.29, 1.82) is 0 Å². The minimum absolute atomic E-state index is 0.0530. The van der Waals surface area contributed by atoms with Crippen molar-refractivity contribution in [1.82, 2.24) is 0 Å². The van der Waals surface area contributed by atoms with Crippen LogP contribution in [0.1, 0.15) is 201 Å². The Balaban J connectivity index is 4.84. The van der Waals surface area contributed by atoms with Crippen LogP contribution in [-0.4, -0.2) is 95.9 Å². The molecule has 18 heteroatoms. The van der Waals surface area contributed by atoms with E-state index < -0.39 is 91.5 Å². The number of aliphatic hydroxyl groups is 2. The zero-order valence-electron chi connectivity index (χ0n) is 54.0. The molecule has 0 radical (unpaired) electrons. The van der Waals surface area contributed by atoms with E-state index in [4.69, 9.17) is 32.3 Å². The molecule has 0 saturated heterocycles. The van der Waals surface area contributed by atoms with Crippen LogP contribution in [0.25, 0.3) is 0 Å². The molecule has 0 aliphatic heterocycles. The lowest BCUT2D eigenvalue weighted by molar-refractivity contribution is -0.161. The van der Waals surface area contributed by atoms with Crippen molar-refractivity contribution in [2.45, 2.75) is 219 Å². The van der Waals surface area contributed by atoms with E-state index in [1.54, 1.807) is 0 Å². The third-order valence-corrected chi connectivity index (χ3v) is 14.3. The fourth-order valence-corrected chi connectivity index (χ4v) is 9.16. The number of ether oxygens (including phenoxy) is 3. The molecule has 0 aliphatic carbocycles. The van der Waals surface area contributed by atoms with E-state index in [1.807, 2.05) is 18.2 Å². The van der Waals surface area contributed by atoms with Gasteiger partial charge in [0.05, 0.1) is 26.4 Å². The quantitative estimate of drug-likeness (QED) is 0.0146. The smallest absolute Gasteiger partial charge is 0.463 e. The van der Waals surface area contributed by atoms with Gasteiger partial charge in [0.25, 0.3) is 0 Å². The lowest BCUT2D eigenvalue weighted by Crippen LogP contribution is -2.30. The summed E-state index contributed by atoms with van der Waals surface area (Å²) in [5.74, 6) is -1.73. The van der Waals surface area contributed by atoms with Gasteiger partial charge >= 0.3 is 33.6 Å². The van der Waals surface area contributed by atoms with E-state index in [9.17, 15) is 43.5 Å². The molecular formula is C71H112O16P2. The van der Waals surface area contributed by atoms with Gasteiger partial charge in [-0.15, -0.1) is 0 Å². The molecule has 5 atom stereocenters. The molecule has 16 nitrogen and oxygen atoms in total. The van der Waals surface area contributed by atoms with Crippen molar-refractivity contribution in [3.63, 3.8) is 0 Å². The van der Waals surface area contributed by atoms with Crippen LogP contribution in [0.4, 0.5) is 0 Å². The maximum absolute atomic E-state index is 12.9. The van der Waals surface area contributed by atoms with Gasteiger partial charge in [-0.3, -0.25) is 32.5 Å². The zero-order chi connectivity index (χ0) is 65.3. The summed E-state index contributed by atoms with van der Waals surface area (Å²) in [4.78, 5) is 58.3. The number of unbranched alkanes of at least 4 members (excludes halogenated alkanes) is 8. The summed E-state index contributed by atoms with van der Waals surface area (Å²) in [5.41, 5.74) is 0. The van der Waals surface area contributed by atoms with Gasteiger partial charge in [-0.25, -0.2) is 9.13 Å². The van der Waals surface area contributed by atoms with Crippen LogP contribution in [0.3, 0.4) is 0 Å². The third kappa shape index (κ3) is 64.3. The molecule has 0 aromatic rings. The summed E-state index contributed by atoms with van der Waals surface area (Å²) in [7, 11) is -9.83. The molecule has 0 heterocycles. The number of carbonyl (C=O) groups excluding carboxylic acids is 3. The lowest BCUT2D eigenvalue weighted by atomic mass is 10.1. The van der Waals surface area contributed by atoms with Crippen molar-refractivity contribution in [2.75, 3.05) is 39.6 Å². The van der Waals surface area contributed by atoms with Crippen molar-refractivity contribution >= 4 is 33.6 Å². The number of carbonyl (C=O) groups is 3. The van der Waals surface area contributed by atoms with Gasteiger partial charge in [-0.05, 0) is 135 Å². The van der Waals surface area contributed by atoms with Crippen LogP contribution in [0.5, 0.6) is 0 Å². The van der Waals surface area contributed by atoms with E-state index in [-0.39, 0.29) is 19.3 Å². The fraction of sp³-hybridized carbons (Fsp3) is 0.563. The highest BCUT2D eigenvalue weighted by Crippen LogP contribution is 2.45. The van der Waals surface area contributed by atoms with Gasteiger partial charge in [0.2, 0.25) is 0 Å². The summed E-state index contributed by atoms with van der Waals surface area (Å²) >= 11 is 0. The second-order valence-corrected chi connectivity index (χ2v) is 23.7. The number of aliphatic hydroxyl groups excluding tert-OH is 2. The summed E-state index contributed by atoms with van der Waals surface area (Å²) in [6.07, 6.45) is 77.1. The van der Waals surface area contributed by atoms with Crippen LogP contribution >= 0.6 is 15.6 Å². The molecule has 89 heavy (non-hydrogen) atoms. The van der Waals surface area contributed by atoms with Gasteiger partial charge in [0.15, 0.2) is 6.10 Å². The van der Waals surface area contributed by atoms with Gasteiger partial charge in [0.1, 0.15) is 25.4 Å². The van der Waals surface area contributed by atoms with Gasteiger partial charge in [-0.1, -0.05) is 217 Å². The first-order valence-corrected chi connectivity index (χ1v) is 35.4. The number of allylic oxidation sites excluding steroid dienone is 28. The van der Waals surface area contributed by atoms with Crippen LogP contribution in [-0.2, 0) is 55.8 Å².